The lowest BCUT2D eigenvalue weighted by atomic mass is 9.81. The molecule has 100 valence electrons. The highest BCUT2D eigenvalue weighted by molar-refractivity contribution is 6.21. The Labute approximate surface area is 106 Å². The fourth-order valence-corrected chi connectivity index (χ4v) is 1.24. The summed E-state index contributed by atoms with van der Waals surface area (Å²) >= 11 is 0. The van der Waals surface area contributed by atoms with Gasteiger partial charge in [-0.05, 0) is 6.42 Å². The molecule has 0 aromatic carbocycles. The van der Waals surface area contributed by atoms with Gasteiger partial charge in [0.1, 0.15) is 0 Å². The lowest BCUT2D eigenvalue weighted by Crippen LogP contribution is -2.54. The molecule has 0 rings (SSSR count). The van der Waals surface area contributed by atoms with Gasteiger partial charge in [-0.3, -0.25) is 29.8 Å². The fraction of sp³-hybridized carbons (Fsp3) is 0.333. The SMILES string of the molecule is N#CNC(=O)C(CCC(=O)O)(C(=O)O)C(=O)NC#N. The molecule has 0 heterocycles. The Morgan fingerprint density at radius 3 is 1.68 bits per heavy atom. The minimum absolute atomic E-state index is 0.815. The second-order valence-electron chi connectivity index (χ2n) is 3.24. The first-order chi connectivity index (χ1) is 8.82. The van der Waals surface area contributed by atoms with E-state index in [0.29, 0.717) is 0 Å². The van der Waals surface area contributed by atoms with E-state index in [4.69, 9.17) is 20.7 Å². The average Bonchev–Trinajstić information content (AvgIpc) is 2.29. The van der Waals surface area contributed by atoms with Crippen LogP contribution in [0.15, 0.2) is 0 Å². The summed E-state index contributed by atoms with van der Waals surface area (Å²) in [5.41, 5.74) is -2.86. The lowest BCUT2D eigenvalue weighted by molar-refractivity contribution is -0.161. The van der Waals surface area contributed by atoms with E-state index in [9.17, 15) is 19.2 Å². The predicted octanol–water partition coefficient (Wildman–Crippen LogP) is -1.88. The van der Waals surface area contributed by atoms with E-state index in [2.05, 4.69) is 0 Å². The maximum atomic E-state index is 11.6. The number of nitriles is 2. The third-order valence-corrected chi connectivity index (χ3v) is 2.19. The van der Waals surface area contributed by atoms with Crippen LogP contribution in [-0.2, 0) is 19.2 Å². The Kier molecular flexibility index (Phi) is 5.48. The van der Waals surface area contributed by atoms with Gasteiger partial charge in [0.05, 0.1) is 0 Å². The van der Waals surface area contributed by atoms with Crippen LogP contribution in [0.4, 0.5) is 0 Å². The molecule has 0 aliphatic carbocycles. The van der Waals surface area contributed by atoms with Gasteiger partial charge in [0, 0.05) is 6.42 Å². The molecule has 0 atom stereocenters. The average molecular weight is 268 g/mol. The molecule has 0 fully saturated rings. The summed E-state index contributed by atoms with van der Waals surface area (Å²) in [4.78, 5) is 44.7. The van der Waals surface area contributed by atoms with Crippen molar-refractivity contribution in [3.63, 3.8) is 0 Å². The van der Waals surface area contributed by atoms with Gasteiger partial charge in [-0.15, -0.1) is 0 Å². The Hall–Kier alpha value is -3.14. The van der Waals surface area contributed by atoms with Gasteiger partial charge in [0.25, 0.3) is 11.8 Å². The molecule has 0 aliphatic rings. The summed E-state index contributed by atoms with van der Waals surface area (Å²) in [6.07, 6.45) is 0.558. The zero-order chi connectivity index (χ0) is 15.1. The van der Waals surface area contributed by atoms with Crippen molar-refractivity contribution in [3.8, 4) is 12.4 Å². The van der Waals surface area contributed by atoms with Crippen molar-refractivity contribution in [2.45, 2.75) is 12.8 Å². The normalized spacial score (nSPS) is 9.58. The van der Waals surface area contributed by atoms with Crippen molar-refractivity contribution in [1.82, 2.24) is 10.6 Å². The van der Waals surface area contributed by atoms with Crippen LogP contribution in [0.5, 0.6) is 0 Å². The fourth-order valence-electron chi connectivity index (χ4n) is 1.24. The second kappa shape index (κ2) is 6.56. The molecule has 19 heavy (non-hydrogen) atoms. The van der Waals surface area contributed by atoms with E-state index in [1.807, 2.05) is 0 Å². The van der Waals surface area contributed by atoms with Gasteiger partial charge in [-0.1, -0.05) is 0 Å². The number of nitrogens with zero attached hydrogens (tertiary/aromatic N) is 2. The van der Waals surface area contributed by atoms with Crippen LogP contribution in [0.2, 0.25) is 0 Å². The van der Waals surface area contributed by atoms with Gasteiger partial charge in [-0.25, -0.2) is 0 Å². The quantitative estimate of drug-likeness (QED) is 0.245. The van der Waals surface area contributed by atoms with E-state index < -0.39 is 42.0 Å². The Morgan fingerprint density at radius 2 is 1.42 bits per heavy atom. The number of hydrogen-bond acceptors (Lipinski definition) is 6. The van der Waals surface area contributed by atoms with Crippen LogP contribution >= 0.6 is 0 Å². The highest BCUT2D eigenvalue weighted by atomic mass is 16.4. The molecule has 0 saturated heterocycles. The molecule has 2 amide bonds. The number of carbonyl (C=O) groups excluding carboxylic acids is 2. The molecule has 10 nitrogen and oxygen atoms in total. The van der Waals surface area contributed by atoms with Gasteiger partial charge in [0.15, 0.2) is 12.4 Å². The topological polar surface area (TPSA) is 180 Å². The highest BCUT2D eigenvalue weighted by Gasteiger charge is 2.53. The van der Waals surface area contributed by atoms with E-state index in [-0.39, 0.29) is 0 Å². The van der Waals surface area contributed by atoms with Crippen molar-refractivity contribution in [2.24, 2.45) is 5.41 Å². The van der Waals surface area contributed by atoms with Gasteiger partial charge < -0.3 is 10.2 Å². The van der Waals surface area contributed by atoms with Crippen LogP contribution in [-0.4, -0.2) is 34.0 Å². The van der Waals surface area contributed by atoms with Crippen molar-refractivity contribution in [3.05, 3.63) is 0 Å². The van der Waals surface area contributed by atoms with Crippen LogP contribution < -0.4 is 10.6 Å². The smallest absolute Gasteiger partial charge is 0.329 e. The van der Waals surface area contributed by atoms with Crippen molar-refractivity contribution >= 4 is 23.8 Å². The first-order valence-corrected chi connectivity index (χ1v) is 4.67. The summed E-state index contributed by atoms with van der Waals surface area (Å²) in [6, 6.07) is 0. The van der Waals surface area contributed by atoms with Crippen molar-refractivity contribution in [1.29, 1.82) is 10.5 Å². The number of amides is 2. The molecule has 10 heteroatoms. The molecular formula is C9H8N4O6. The number of carbonyl (C=O) groups is 4. The Morgan fingerprint density at radius 1 is 1.00 bits per heavy atom. The van der Waals surface area contributed by atoms with E-state index in [1.165, 1.54) is 10.6 Å². The number of carboxylic acids is 2. The lowest BCUT2D eigenvalue weighted by Gasteiger charge is -2.23. The molecular weight excluding hydrogens is 260 g/mol. The number of hydrogen-bond donors (Lipinski definition) is 4. The van der Waals surface area contributed by atoms with Crippen molar-refractivity contribution < 1.29 is 29.4 Å². The molecule has 0 bridgehead atoms. The predicted molar refractivity (Wildman–Crippen MR) is 54.4 cm³/mol. The summed E-state index contributed by atoms with van der Waals surface area (Å²) in [5.74, 6) is -6.44. The third-order valence-electron chi connectivity index (χ3n) is 2.19. The summed E-state index contributed by atoms with van der Waals surface area (Å²) < 4.78 is 0. The maximum Gasteiger partial charge on any atom is 0.329 e. The van der Waals surface area contributed by atoms with Crippen LogP contribution in [0.1, 0.15) is 12.8 Å². The first-order valence-electron chi connectivity index (χ1n) is 4.67. The van der Waals surface area contributed by atoms with E-state index >= 15 is 0 Å². The molecule has 0 aromatic heterocycles. The zero-order valence-electron chi connectivity index (χ0n) is 9.34. The number of nitrogens with one attached hydrogen (secondary N) is 2. The van der Waals surface area contributed by atoms with Crippen LogP contribution in [0, 0.1) is 28.3 Å². The molecule has 0 unspecified atom stereocenters. The minimum atomic E-state index is -2.86. The van der Waals surface area contributed by atoms with Gasteiger partial charge >= 0.3 is 11.9 Å². The van der Waals surface area contributed by atoms with Gasteiger partial charge in [-0.2, -0.15) is 10.5 Å². The molecule has 4 N–H and O–H groups in total. The van der Waals surface area contributed by atoms with Crippen molar-refractivity contribution in [2.75, 3.05) is 0 Å². The second-order valence-corrected chi connectivity index (χ2v) is 3.24. The monoisotopic (exact) mass is 268 g/mol. The molecule has 0 spiro atoms. The zero-order valence-corrected chi connectivity index (χ0v) is 9.34. The van der Waals surface area contributed by atoms with E-state index in [1.54, 1.807) is 0 Å². The molecule has 0 aromatic rings. The number of aliphatic carboxylic acids is 2. The number of rotatable bonds is 6. The minimum Gasteiger partial charge on any atom is -0.481 e. The van der Waals surface area contributed by atoms with Gasteiger partial charge in [0.2, 0.25) is 5.41 Å². The first kappa shape index (κ1) is 15.9. The number of carboxylic acid groups (broad SMARTS) is 2. The van der Waals surface area contributed by atoms with Crippen LogP contribution in [0.25, 0.3) is 0 Å². The maximum absolute atomic E-state index is 11.6. The molecule has 0 aliphatic heterocycles. The highest BCUT2D eigenvalue weighted by Crippen LogP contribution is 2.25. The standard InChI is InChI=1S/C9H8N4O6/c10-3-12-6(16)9(8(18)19,2-1-5(14)15)7(17)13-4-11/h1-2H2,(H,12,16)(H,13,17)(H,14,15)(H,18,19). The summed E-state index contributed by atoms with van der Waals surface area (Å²) in [7, 11) is 0. The largest absolute Gasteiger partial charge is 0.481 e. The molecule has 0 saturated carbocycles. The Balaban J connectivity index is 5.62. The third kappa shape index (κ3) is 3.41. The summed E-state index contributed by atoms with van der Waals surface area (Å²) in [5, 5.41) is 37.0. The molecule has 0 radical (unpaired) electrons. The van der Waals surface area contributed by atoms with Crippen LogP contribution in [0.3, 0.4) is 0 Å². The van der Waals surface area contributed by atoms with E-state index in [0.717, 1.165) is 12.4 Å². The Bertz CT molecular complexity index is 472. The summed E-state index contributed by atoms with van der Waals surface area (Å²) in [6.45, 7) is 0.